The first-order chi connectivity index (χ1) is 4.75. The van der Waals surface area contributed by atoms with E-state index in [4.69, 9.17) is 5.11 Å². The standard InChI is InChI=1S/C8H16O2/c1-6-7(4-5-9)2-3-8(6)10/h6-10H,2-5H2,1H3/t6-,7-,8?/m0/s1. The summed E-state index contributed by atoms with van der Waals surface area (Å²) in [5, 5.41) is 18.0. The molecule has 0 aromatic carbocycles. The van der Waals surface area contributed by atoms with Crippen LogP contribution in [0.15, 0.2) is 0 Å². The highest BCUT2D eigenvalue weighted by atomic mass is 16.3. The van der Waals surface area contributed by atoms with E-state index in [9.17, 15) is 5.11 Å². The van der Waals surface area contributed by atoms with E-state index >= 15 is 0 Å². The van der Waals surface area contributed by atoms with E-state index in [1.165, 1.54) is 0 Å². The third-order valence-electron chi connectivity index (χ3n) is 2.68. The van der Waals surface area contributed by atoms with Crippen LogP contribution in [0.5, 0.6) is 0 Å². The first kappa shape index (κ1) is 8.02. The molecule has 0 bridgehead atoms. The Morgan fingerprint density at radius 3 is 2.50 bits per heavy atom. The van der Waals surface area contributed by atoms with E-state index < -0.39 is 0 Å². The largest absolute Gasteiger partial charge is 0.396 e. The monoisotopic (exact) mass is 144 g/mol. The van der Waals surface area contributed by atoms with Gasteiger partial charge >= 0.3 is 0 Å². The molecule has 0 aliphatic heterocycles. The summed E-state index contributed by atoms with van der Waals surface area (Å²) in [4.78, 5) is 0. The lowest BCUT2D eigenvalue weighted by Crippen LogP contribution is -2.15. The lowest BCUT2D eigenvalue weighted by molar-refractivity contribution is 0.120. The van der Waals surface area contributed by atoms with Crippen LogP contribution in [-0.2, 0) is 0 Å². The van der Waals surface area contributed by atoms with Crippen molar-refractivity contribution in [2.24, 2.45) is 11.8 Å². The maximum Gasteiger partial charge on any atom is 0.0568 e. The summed E-state index contributed by atoms with van der Waals surface area (Å²) in [6.45, 7) is 2.33. The first-order valence-corrected chi connectivity index (χ1v) is 4.04. The van der Waals surface area contributed by atoms with Crippen molar-refractivity contribution < 1.29 is 10.2 Å². The fraction of sp³-hybridized carbons (Fsp3) is 1.00. The normalized spacial score (nSPS) is 40.5. The summed E-state index contributed by atoms with van der Waals surface area (Å²) in [7, 11) is 0. The van der Waals surface area contributed by atoms with Crippen LogP contribution in [0.2, 0.25) is 0 Å². The Hall–Kier alpha value is -0.0800. The van der Waals surface area contributed by atoms with Crippen molar-refractivity contribution in [1.82, 2.24) is 0 Å². The van der Waals surface area contributed by atoms with Crippen molar-refractivity contribution in [2.45, 2.75) is 32.3 Å². The second-order valence-electron chi connectivity index (χ2n) is 3.28. The highest BCUT2D eigenvalue weighted by Gasteiger charge is 2.30. The molecule has 2 N–H and O–H groups in total. The van der Waals surface area contributed by atoms with Gasteiger partial charge in [0.2, 0.25) is 0 Å². The zero-order valence-corrected chi connectivity index (χ0v) is 6.45. The highest BCUT2D eigenvalue weighted by molar-refractivity contribution is 4.81. The fourth-order valence-corrected chi connectivity index (χ4v) is 1.80. The molecule has 2 heteroatoms. The van der Waals surface area contributed by atoms with Crippen LogP contribution in [0.4, 0.5) is 0 Å². The van der Waals surface area contributed by atoms with E-state index in [0.29, 0.717) is 11.8 Å². The number of rotatable bonds is 2. The van der Waals surface area contributed by atoms with Gasteiger partial charge in [-0.15, -0.1) is 0 Å². The van der Waals surface area contributed by atoms with Gasteiger partial charge in [0.1, 0.15) is 0 Å². The lowest BCUT2D eigenvalue weighted by Gasteiger charge is -2.15. The third-order valence-corrected chi connectivity index (χ3v) is 2.68. The summed E-state index contributed by atoms with van der Waals surface area (Å²) in [5.41, 5.74) is 0. The van der Waals surface area contributed by atoms with Gasteiger partial charge in [0, 0.05) is 6.61 Å². The third kappa shape index (κ3) is 1.50. The van der Waals surface area contributed by atoms with Gasteiger partial charge in [-0.3, -0.25) is 0 Å². The van der Waals surface area contributed by atoms with Gasteiger partial charge in [-0.1, -0.05) is 6.92 Å². The Balaban J connectivity index is 2.33. The van der Waals surface area contributed by atoms with E-state index in [1.54, 1.807) is 0 Å². The Labute approximate surface area is 61.9 Å². The summed E-state index contributed by atoms with van der Waals surface area (Å²) >= 11 is 0. The van der Waals surface area contributed by atoms with Crippen molar-refractivity contribution in [3.8, 4) is 0 Å². The second kappa shape index (κ2) is 3.35. The summed E-state index contributed by atoms with van der Waals surface area (Å²) in [6, 6.07) is 0. The molecule has 0 aromatic heterocycles. The van der Waals surface area contributed by atoms with Crippen LogP contribution in [-0.4, -0.2) is 22.9 Å². The van der Waals surface area contributed by atoms with Crippen molar-refractivity contribution >= 4 is 0 Å². The molecule has 60 valence electrons. The quantitative estimate of drug-likeness (QED) is 0.601. The number of aliphatic hydroxyl groups excluding tert-OH is 2. The molecular weight excluding hydrogens is 128 g/mol. The van der Waals surface area contributed by atoms with E-state index in [-0.39, 0.29) is 12.7 Å². The molecule has 1 aliphatic carbocycles. The van der Waals surface area contributed by atoms with Crippen molar-refractivity contribution in [3.63, 3.8) is 0 Å². The van der Waals surface area contributed by atoms with Crippen molar-refractivity contribution in [1.29, 1.82) is 0 Å². The molecular formula is C8H16O2. The Morgan fingerprint density at radius 1 is 1.40 bits per heavy atom. The summed E-state index contributed by atoms with van der Waals surface area (Å²) < 4.78 is 0. The molecule has 0 aromatic rings. The molecule has 0 spiro atoms. The molecule has 0 amide bonds. The van der Waals surface area contributed by atoms with Crippen LogP contribution >= 0.6 is 0 Å². The van der Waals surface area contributed by atoms with Gasteiger partial charge in [-0.2, -0.15) is 0 Å². The first-order valence-electron chi connectivity index (χ1n) is 4.04. The summed E-state index contributed by atoms with van der Waals surface area (Å²) in [6.07, 6.45) is 2.75. The Kier molecular flexibility index (Phi) is 2.69. The van der Waals surface area contributed by atoms with Gasteiger partial charge in [0.25, 0.3) is 0 Å². The number of hydrogen-bond donors (Lipinski definition) is 2. The zero-order chi connectivity index (χ0) is 7.56. The van der Waals surface area contributed by atoms with Gasteiger partial charge < -0.3 is 10.2 Å². The number of hydrogen-bond acceptors (Lipinski definition) is 2. The summed E-state index contributed by atoms with van der Waals surface area (Å²) in [5.74, 6) is 0.951. The minimum atomic E-state index is -0.114. The molecule has 3 atom stereocenters. The van der Waals surface area contributed by atoms with Crippen LogP contribution < -0.4 is 0 Å². The Bertz CT molecular complexity index is 101. The molecule has 1 unspecified atom stereocenters. The topological polar surface area (TPSA) is 40.5 Å². The van der Waals surface area contributed by atoms with E-state index in [2.05, 4.69) is 6.92 Å². The number of aliphatic hydroxyl groups is 2. The molecule has 2 nitrogen and oxygen atoms in total. The molecule has 0 radical (unpaired) electrons. The Morgan fingerprint density at radius 2 is 2.10 bits per heavy atom. The second-order valence-corrected chi connectivity index (χ2v) is 3.28. The smallest absolute Gasteiger partial charge is 0.0568 e. The minimum Gasteiger partial charge on any atom is -0.396 e. The van der Waals surface area contributed by atoms with Crippen molar-refractivity contribution in [2.75, 3.05) is 6.61 Å². The molecule has 0 saturated heterocycles. The van der Waals surface area contributed by atoms with Crippen LogP contribution in [0.25, 0.3) is 0 Å². The molecule has 0 heterocycles. The molecule has 1 rings (SSSR count). The fourth-order valence-electron chi connectivity index (χ4n) is 1.80. The van der Waals surface area contributed by atoms with Crippen LogP contribution in [0.3, 0.4) is 0 Å². The average molecular weight is 144 g/mol. The van der Waals surface area contributed by atoms with Crippen LogP contribution in [0, 0.1) is 11.8 Å². The maximum atomic E-state index is 9.31. The van der Waals surface area contributed by atoms with E-state index in [1.807, 2.05) is 0 Å². The van der Waals surface area contributed by atoms with Gasteiger partial charge in [-0.25, -0.2) is 0 Å². The van der Waals surface area contributed by atoms with Gasteiger partial charge in [0.15, 0.2) is 0 Å². The highest BCUT2D eigenvalue weighted by Crippen LogP contribution is 2.33. The predicted octanol–water partition coefficient (Wildman–Crippen LogP) is 0.776. The van der Waals surface area contributed by atoms with Crippen molar-refractivity contribution in [3.05, 3.63) is 0 Å². The molecule has 1 saturated carbocycles. The van der Waals surface area contributed by atoms with Gasteiger partial charge in [-0.05, 0) is 31.1 Å². The molecule has 1 fully saturated rings. The zero-order valence-electron chi connectivity index (χ0n) is 6.45. The molecule has 1 aliphatic rings. The lowest BCUT2D eigenvalue weighted by atomic mass is 9.94. The minimum absolute atomic E-state index is 0.114. The average Bonchev–Trinajstić information content (AvgIpc) is 2.20. The molecule has 10 heavy (non-hydrogen) atoms. The van der Waals surface area contributed by atoms with Gasteiger partial charge in [0.05, 0.1) is 6.10 Å². The maximum absolute atomic E-state index is 9.31. The predicted molar refractivity (Wildman–Crippen MR) is 39.6 cm³/mol. The SMILES string of the molecule is C[C@@H]1C(O)CC[C@H]1CCO. The van der Waals surface area contributed by atoms with Crippen LogP contribution in [0.1, 0.15) is 26.2 Å². The van der Waals surface area contributed by atoms with E-state index in [0.717, 1.165) is 19.3 Å².